The van der Waals surface area contributed by atoms with Gasteiger partial charge in [0.05, 0.1) is 18.0 Å². The van der Waals surface area contributed by atoms with Gasteiger partial charge in [-0.15, -0.1) is 0 Å². The van der Waals surface area contributed by atoms with Crippen LogP contribution in [0.1, 0.15) is 42.5 Å². The SMILES string of the molecule is Cc1cc(C)n(CC(=O)NC[C@H](c2ccco2)N2CCCCC2)n1. The number of nitrogens with zero attached hydrogens (tertiary/aromatic N) is 3. The van der Waals surface area contributed by atoms with Crippen LogP contribution in [0.2, 0.25) is 0 Å². The number of likely N-dealkylation sites (tertiary alicyclic amines) is 1. The summed E-state index contributed by atoms with van der Waals surface area (Å²) in [6.45, 7) is 6.82. The lowest BCUT2D eigenvalue weighted by Gasteiger charge is -2.33. The number of hydrogen-bond donors (Lipinski definition) is 1. The number of nitrogens with one attached hydrogen (secondary N) is 1. The lowest BCUT2D eigenvalue weighted by Crippen LogP contribution is -2.41. The predicted molar refractivity (Wildman–Crippen MR) is 91.6 cm³/mol. The second-order valence-corrected chi connectivity index (χ2v) is 6.52. The lowest BCUT2D eigenvalue weighted by atomic mass is 10.1. The van der Waals surface area contributed by atoms with Crippen molar-refractivity contribution in [3.05, 3.63) is 41.6 Å². The molecule has 24 heavy (non-hydrogen) atoms. The molecule has 1 fully saturated rings. The van der Waals surface area contributed by atoms with E-state index in [4.69, 9.17) is 4.42 Å². The quantitative estimate of drug-likeness (QED) is 0.883. The summed E-state index contributed by atoms with van der Waals surface area (Å²) >= 11 is 0. The second kappa shape index (κ2) is 7.66. The second-order valence-electron chi connectivity index (χ2n) is 6.52. The van der Waals surface area contributed by atoms with Gasteiger partial charge in [-0.25, -0.2) is 0 Å². The molecule has 2 aromatic heterocycles. The Morgan fingerprint density at radius 2 is 2.12 bits per heavy atom. The largest absolute Gasteiger partial charge is 0.468 e. The van der Waals surface area contributed by atoms with Gasteiger partial charge in [0.25, 0.3) is 0 Å². The van der Waals surface area contributed by atoms with E-state index in [2.05, 4.69) is 15.3 Å². The summed E-state index contributed by atoms with van der Waals surface area (Å²) < 4.78 is 7.35. The van der Waals surface area contributed by atoms with Crippen molar-refractivity contribution in [2.45, 2.75) is 45.7 Å². The summed E-state index contributed by atoms with van der Waals surface area (Å²) in [5, 5.41) is 7.40. The Morgan fingerprint density at radius 3 is 2.75 bits per heavy atom. The monoisotopic (exact) mass is 330 g/mol. The molecular weight excluding hydrogens is 304 g/mol. The average Bonchev–Trinajstić information content (AvgIpc) is 3.19. The smallest absolute Gasteiger partial charge is 0.241 e. The van der Waals surface area contributed by atoms with Crippen molar-refractivity contribution in [2.24, 2.45) is 0 Å². The number of carbonyl (C=O) groups is 1. The Balaban J connectivity index is 1.60. The fraction of sp³-hybridized carbons (Fsp3) is 0.556. The number of rotatable bonds is 6. The van der Waals surface area contributed by atoms with Gasteiger partial charge in [0.15, 0.2) is 0 Å². The first-order valence-corrected chi connectivity index (χ1v) is 8.68. The van der Waals surface area contributed by atoms with Gasteiger partial charge in [-0.2, -0.15) is 5.10 Å². The van der Waals surface area contributed by atoms with Gasteiger partial charge < -0.3 is 9.73 Å². The first kappa shape index (κ1) is 16.8. The zero-order chi connectivity index (χ0) is 16.9. The Labute approximate surface area is 142 Å². The van der Waals surface area contributed by atoms with E-state index in [-0.39, 0.29) is 18.5 Å². The third-order valence-corrected chi connectivity index (χ3v) is 4.59. The van der Waals surface area contributed by atoms with Crippen LogP contribution >= 0.6 is 0 Å². The zero-order valence-electron chi connectivity index (χ0n) is 14.5. The molecule has 2 aromatic rings. The number of aromatic nitrogens is 2. The normalized spacial score (nSPS) is 16.9. The number of furan rings is 1. The highest BCUT2D eigenvalue weighted by molar-refractivity contribution is 5.75. The van der Waals surface area contributed by atoms with Crippen LogP contribution in [0, 0.1) is 13.8 Å². The van der Waals surface area contributed by atoms with Crippen molar-refractivity contribution in [3.8, 4) is 0 Å². The number of hydrogen-bond acceptors (Lipinski definition) is 4. The maximum absolute atomic E-state index is 12.3. The summed E-state index contributed by atoms with van der Waals surface area (Å²) in [6.07, 6.45) is 5.39. The van der Waals surface area contributed by atoms with E-state index in [1.165, 1.54) is 19.3 Å². The van der Waals surface area contributed by atoms with Crippen LogP contribution < -0.4 is 5.32 Å². The molecule has 130 valence electrons. The number of piperidine rings is 1. The van der Waals surface area contributed by atoms with Gasteiger partial charge in [-0.05, 0) is 58.0 Å². The van der Waals surface area contributed by atoms with Gasteiger partial charge in [0.1, 0.15) is 12.3 Å². The fourth-order valence-corrected chi connectivity index (χ4v) is 3.36. The summed E-state index contributed by atoms with van der Waals surface area (Å²) in [4.78, 5) is 14.7. The molecule has 0 unspecified atom stereocenters. The minimum absolute atomic E-state index is 0.0187. The van der Waals surface area contributed by atoms with Crippen LogP contribution in [0.5, 0.6) is 0 Å². The van der Waals surface area contributed by atoms with Gasteiger partial charge in [0, 0.05) is 12.2 Å². The van der Waals surface area contributed by atoms with E-state index in [0.717, 1.165) is 30.2 Å². The molecule has 0 spiro atoms. The molecule has 0 saturated carbocycles. The Morgan fingerprint density at radius 1 is 1.33 bits per heavy atom. The summed E-state index contributed by atoms with van der Waals surface area (Å²) in [5.74, 6) is 0.901. The van der Waals surface area contributed by atoms with Crippen molar-refractivity contribution < 1.29 is 9.21 Å². The molecule has 6 nitrogen and oxygen atoms in total. The van der Waals surface area contributed by atoms with Crippen LogP contribution in [-0.2, 0) is 11.3 Å². The summed E-state index contributed by atoms with van der Waals surface area (Å²) in [7, 11) is 0. The third-order valence-electron chi connectivity index (χ3n) is 4.59. The van der Waals surface area contributed by atoms with Crippen LogP contribution in [0.3, 0.4) is 0 Å². The van der Waals surface area contributed by atoms with E-state index in [9.17, 15) is 4.79 Å². The standard InChI is InChI=1S/C18H26N4O2/c1-14-11-15(2)22(20-14)13-18(23)19-12-16(17-7-6-10-24-17)21-8-4-3-5-9-21/h6-7,10-11,16H,3-5,8-9,12-13H2,1-2H3,(H,19,23)/t16-/m1/s1. The maximum atomic E-state index is 12.3. The third kappa shape index (κ3) is 4.06. The van der Waals surface area contributed by atoms with Crippen LogP contribution in [0.15, 0.2) is 28.9 Å². The van der Waals surface area contributed by atoms with Crippen LogP contribution in [0.4, 0.5) is 0 Å². The molecule has 1 saturated heterocycles. The summed E-state index contributed by atoms with van der Waals surface area (Å²) in [6, 6.07) is 5.98. The van der Waals surface area contributed by atoms with E-state index >= 15 is 0 Å². The zero-order valence-corrected chi connectivity index (χ0v) is 14.5. The summed E-state index contributed by atoms with van der Waals surface area (Å²) in [5.41, 5.74) is 1.93. The number of amides is 1. The molecule has 1 amide bonds. The Hall–Kier alpha value is -2.08. The highest BCUT2D eigenvalue weighted by Gasteiger charge is 2.25. The van der Waals surface area contributed by atoms with Crippen molar-refractivity contribution in [2.75, 3.05) is 19.6 Å². The molecule has 1 N–H and O–H groups in total. The highest BCUT2D eigenvalue weighted by atomic mass is 16.3. The molecule has 1 aliphatic rings. The van der Waals surface area contributed by atoms with Crippen molar-refractivity contribution >= 4 is 5.91 Å². The Kier molecular flexibility index (Phi) is 5.35. The van der Waals surface area contributed by atoms with Gasteiger partial charge in [0.2, 0.25) is 5.91 Å². The molecular formula is C18H26N4O2. The molecule has 1 aliphatic heterocycles. The molecule has 0 aromatic carbocycles. The molecule has 6 heteroatoms. The van der Waals surface area contributed by atoms with E-state index in [1.807, 2.05) is 32.0 Å². The topological polar surface area (TPSA) is 63.3 Å². The minimum atomic E-state index is -0.0187. The minimum Gasteiger partial charge on any atom is -0.468 e. The average molecular weight is 330 g/mol. The number of aryl methyl sites for hydroxylation is 2. The van der Waals surface area contributed by atoms with E-state index < -0.39 is 0 Å². The van der Waals surface area contributed by atoms with Crippen LogP contribution in [0.25, 0.3) is 0 Å². The van der Waals surface area contributed by atoms with Crippen LogP contribution in [-0.4, -0.2) is 40.2 Å². The Bertz CT molecular complexity index is 657. The first-order valence-electron chi connectivity index (χ1n) is 8.68. The van der Waals surface area contributed by atoms with Gasteiger partial charge in [-0.3, -0.25) is 14.4 Å². The first-order chi connectivity index (χ1) is 11.6. The molecule has 1 atom stereocenters. The molecule has 0 bridgehead atoms. The van der Waals surface area contributed by atoms with Gasteiger partial charge >= 0.3 is 0 Å². The van der Waals surface area contributed by atoms with Crippen molar-refractivity contribution in [1.29, 1.82) is 0 Å². The maximum Gasteiger partial charge on any atom is 0.241 e. The fourth-order valence-electron chi connectivity index (χ4n) is 3.36. The molecule has 3 rings (SSSR count). The highest BCUT2D eigenvalue weighted by Crippen LogP contribution is 2.24. The lowest BCUT2D eigenvalue weighted by molar-refractivity contribution is -0.122. The van der Waals surface area contributed by atoms with Crippen molar-refractivity contribution in [3.63, 3.8) is 0 Å². The molecule has 0 aliphatic carbocycles. The van der Waals surface area contributed by atoms with E-state index in [1.54, 1.807) is 10.9 Å². The molecule has 0 radical (unpaired) electrons. The molecule has 3 heterocycles. The van der Waals surface area contributed by atoms with E-state index in [0.29, 0.717) is 6.54 Å². The van der Waals surface area contributed by atoms with Crippen molar-refractivity contribution in [1.82, 2.24) is 20.0 Å². The van der Waals surface area contributed by atoms with Gasteiger partial charge in [-0.1, -0.05) is 6.42 Å². The predicted octanol–water partition coefficient (Wildman–Crippen LogP) is 2.44. The number of carbonyl (C=O) groups excluding carboxylic acids is 1.